The van der Waals surface area contributed by atoms with Crippen LogP contribution in [0.25, 0.3) is 0 Å². The summed E-state index contributed by atoms with van der Waals surface area (Å²) in [4.78, 5) is 58.0. The van der Waals surface area contributed by atoms with E-state index in [-0.39, 0.29) is 23.8 Å². The van der Waals surface area contributed by atoms with E-state index in [1.165, 1.54) is 49.8 Å². The summed E-state index contributed by atoms with van der Waals surface area (Å²) < 4.78 is 30.4. The first-order chi connectivity index (χ1) is 23.9. The molecule has 2 N–H and O–H groups in total. The van der Waals surface area contributed by atoms with Crippen molar-refractivity contribution in [2.45, 2.75) is 94.2 Å². The van der Waals surface area contributed by atoms with Crippen molar-refractivity contribution in [3.8, 4) is 5.75 Å². The van der Waals surface area contributed by atoms with Crippen LogP contribution in [0.15, 0.2) is 35.9 Å². The number of carbonyl (C=O) groups is 4. The Morgan fingerprint density at radius 2 is 1.94 bits per heavy atom. The van der Waals surface area contributed by atoms with Gasteiger partial charge in [0.2, 0.25) is 11.8 Å². The van der Waals surface area contributed by atoms with E-state index in [1.807, 2.05) is 19.3 Å². The number of amides is 3. The molecule has 1 aromatic rings. The number of ether oxygens (including phenoxy) is 5. The van der Waals surface area contributed by atoms with E-state index in [9.17, 15) is 24.3 Å². The number of nitrogens with one attached hydrogen (secondary N) is 1. The minimum absolute atomic E-state index is 0.192. The zero-order valence-electron chi connectivity index (χ0n) is 30.5. The lowest BCUT2D eigenvalue weighted by atomic mass is 9.50. The first-order valence-corrected chi connectivity index (χ1v) is 18.6. The zero-order valence-corrected chi connectivity index (χ0v) is 32.1. The molecule has 6 rings (SSSR count). The average molecular weight is 750 g/mol. The number of likely N-dealkylation sites (N-methyl/N-ethyl adjacent to an activating group) is 1. The largest absolute Gasteiger partial charge is 0.495 e. The average Bonchev–Trinajstić information content (AvgIpc) is 3.06. The number of fused-ring (bicyclic) bond motifs is 2. The number of esters is 1. The molecule has 15 heteroatoms. The number of allylic oxidation sites excluding steroid dienone is 3. The fourth-order valence-corrected chi connectivity index (χ4v) is 8.83. The van der Waals surface area contributed by atoms with Gasteiger partial charge in [-0.05, 0) is 58.1 Å². The zero-order chi connectivity index (χ0) is 37.7. The summed E-state index contributed by atoms with van der Waals surface area (Å²) in [5.41, 5.74) is -4.71. The number of halogens is 1. The van der Waals surface area contributed by atoms with Gasteiger partial charge < -0.3 is 38.6 Å². The molecule has 13 nitrogen and oxygen atoms in total. The van der Waals surface area contributed by atoms with E-state index in [4.69, 9.17) is 35.3 Å². The predicted molar refractivity (Wildman–Crippen MR) is 192 cm³/mol. The van der Waals surface area contributed by atoms with Crippen LogP contribution in [0.5, 0.6) is 5.75 Å². The molecule has 4 aliphatic heterocycles. The number of carbonyl (C=O) groups excluding carboxylic acids is 4. The number of thioether (sulfide) groups is 1. The van der Waals surface area contributed by atoms with Crippen LogP contribution in [-0.4, -0.2) is 115 Å². The molecule has 0 radical (unpaired) electrons. The highest BCUT2D eigenvalue weighted by Gasteiger charge is 2.82. The molecule has 1 saturated carbocycles. The third-order valence-electron chi connectivity index (χ3n) is 10.9. The van der Waals surface area contributed by atoms with E-state index < -0.39 is 71.1 Å². The summed E-state index contributed by atoms with van der Waals surface area (Å²) in [6.07, 6.45) is 3.99. The third-order valence-corrected chi connectivity index (χ3v) is 11.9. The van der Waals surface area contributed by atoms with Crippen molar-refractivity contribution in [3.05, 3.63) is 46.5 Å². The molecule has 3 saturated heterocycles. The van der Waals surface area contributed by atoms with Crippen molar-refractivity contribution in [1.82, 2.24) is 10.2 Å². The Kier molecular flexibility index (Phi) is 10.9. The van der Waals surface area contributed by atoms with Crippen LogP contribution < -0.4 is 15.0 Å². The van der Waals surface area contributed by atoms with Gasteiger partial charge in [0.25, 0.3) is 0 Å². The molecular formula is C36H48ClN3O10S. The standard InChI is InChI=1S/C36H48ClN3O10S/c1-20-11-10-12-25(47-8)36(45)29-30(48-32(44)38-36)33(3)19-34(4,50-33)35(29,49-31(43)21(2)39(5)26(41)13-14-51-9)18-27(42)40(6)23-16-22(15-20)17-24(46-7)28(23)37/h10-12,16-17,21,25,29-30,45H,13-15,18-19H2,1-9H3,(H,38,44)/b12-10+,20-11+/t21-,25+,29?,30-,33?,34+,35+,36+/m0/s1. The summed E-state index contributed by atoms with van der Waals surface area (Å²) in [6, 6.07) is 2.49. The molecule has 1 aromatic carbocycles. The Morgan fingerprint density at radius 1 is 1.25 bits per heavy atom. The topological polar surface area (TPSA) is 153 Å². The Morgan fingerprint density at radius 3 is 2.57 bits per heavy atom. The molecular weight excluding hydrogens is 702 g/mol. The van der Waals surface area contributed by atoms with Crippen molar-refractivity contribution < 1.29 is 48.0 Å². The van der Waals surface area contributed by atoms with Gasteiger partial charge in [-0.15, -0.1) is 0 Å². The highest BCUT2D eigenvalue weighted by Crippen LogP contribution is 2.65. The van der Waals surface area contributed by atoms with Crippen LogP contribution in [0.2, 0.25) is 5.02 Å². The molecule has 3 amide bonds. The van der Waals surface area contributed by atoms with Gasteiger partial charge in [0.15, 0.2) is 11.3 Å². The maximum absolute atomic E-state index is 14.7. The lowest BCUT2D eigenvalue weighted by Gasteiger charge is -2.73. The van der Waals surface area contributed by atoms with Crippen molar-refractivity contribution in [2.24, 2.45) is 5.92 Å². The van der Waals surface area contributed by atoms with E-state index in [0.29, 0.717) is 23.6 Å². The van der Waals surface area contributed by atoms with Crippen LogP contribution >= 0.6 is 23.4 Å². The number of hydrogen-bond donors (Lipinski definition) is 2. The van der Waals surface area contributed by atoms with Crippen LogP contribution in [0.4, 0.5) is 10.5 Å². The van der Waals surface area contributed by atoms with E-state index in [1.54, 1.807) is 45.2 Å². The summed E-state index contributed by atoms with van der Waals surface area (Å²) in [5.74, 6) is -2.07. The number of aliphatic hydroxyl groups is 1. The molecule has 1 aliphatic carbocycles. The Balaban J connectivity index is 1.74. The molecule has 2 unspecified atom stereocenters. The van der Waals surface area contributed by atoms with Gasteiger partial charge in [0.1, 0.15) is 40.2 Å². The van der Waals surface area contributed by atoms with Gasteiger partial charge in [-0.1, -0.05) is 35.4 Å². The normalized spacial score (nSPS) is 35.2. The quantitative estimate of drug-likeness (QED) is 0.371. The molecule has 5 aliphatic rings. The molecule has 51 heavy (non-hydrogen) atoms. The summed E-state index contributed by atoms with van der Waals surface area (Å²) in [5, 5.41) is 15.6. The SMILES string of the molecule is COc1cc2cc(c1Cl)N(C)C(=O)C[C@@]1(OC(=O)[C@H](C)N(C)C(=O)CCSC)C3[C@H](OC(=O)N[C@@]3(O)[C@H](OC)/C=C/C=C(\C)C2)C2(C)C[C@@]1(C)O2. The van der Waals surface area contributed by atoms with Crippen LogP contribution in [-0.2, 0) is 39.8 Å². The van der Waals surface area contributed by atoms with Gasteiger partial charge >= 0.3 is 12.1 Å². The van der Waals surface area contributed by atoms with Crippen molar-refractivity contribution in [2.75, 3.05) is 45.2 Å². The fraction of sp³-hybridized carbons (Fsp3) is 0.611. The molecule has 4 bridgehead atoms. The number of hydrogen-bond acceptors (Lipinski definition) is 11. The molecule has 0 aromatic heterocycles. The molecule has 4 fully saturated rings. The fourth-order valence-electron chi connectivity index (χ4n) is 8.14. The van der Waals surface area contributed by atoms with E-state index in [2.05, 4.69) is 5.32 Å². The monoisotopic (exact) mass is 749 g/mol. The summed E-state index contributed by atoms with van der Waals surface area (Å²) >= 11 is 8.31. The number of methoxy groups -OCH3 is 2. The van der Waals surface area contributed by atoms with Crippen molar-refractivity contribution in [1.29, 1.82) is 0 Å². The van der Waals surface area contributed by atoms with Crippen molar-refractivity contribution >= 4 is 52.9 Å². The molecule has 8 atom stereocenters. The lowest BCUT2D eigenvalue weighted by Crippen LogP contribution is -2.90. The minimum Gasteiger partial charge on any atom is -0.495 e. The first-order valence-electron chi connectivity index (χ1n) is 16.8. The van der Waals surface area contributed by atoms with Gasteiger partial charge in [0, 0.05) is 39.8 Å². The van der Waals surface area contributed by atoms with Crippen molar-refractivity contribution in [3.63, 3.8) is 0 Å². The molecule has 4 heterocycles. The Labute approximate surface area is 307 Å². The number of anilines is 1. The molecule has 280 valence electrons. The number of alkyl carbamates (subject to hydrolysis) is 1. The maximum atomic E-state index is 14.7. The van der Waals surface area contributed by atoms with Crippen LogP contribution in [0.1, 0.15) is 52.5 Å². The number of rotatable bonds is 8. The first kappa shape index (κ1) is 38.9. The molecule has 0 spiro atoms. The van der Waals surface area contributed by atoms with Gasteiger partial charge in [-0.25, -0.2) is 9.59 Å². The second-order valence-electron chi connectivity index (χ2n) is 14.3. The highest BCUT2D eigenvalue weighted by atomic mass is 35.5. The van der Waals surface area contributed by atoms with Gasteiger partial charge in [0.05, 0.1) is 25.1 Å². The predicted octanol–water partition coefficient (Wildman–Crippen LogP) is 4.02. The van der Waals surface area contributed by atoms with Crippen LogP contribution in [0, 0.1) is 5.92 Å². The second-order valence-corrected chi connectivity index (χ2v) is 15.7. The highest BCUT2D eigenvalue weighted by molar-refractivity contribution is 7.98. The third kappa shape index (κ3) is 6.62. The van der Waals surface area contributed by atoms with Gasteiger partial charge in [-0.3, -0.25) is 14.9 Å². The Bertz CT molecular complexity index is 1650. The maximum Gasteiger partial charge on any atom is 0.409 e. The van der Waals surface area contributed by atoms with E-state index >= 15 is 0 Å². The second kappa shape index (κ2) is 14.3. The smallest absolute Gasteiger partial charge is 0.409 e. The van der Waals surface area contributed by atoms with Crippen LogP contribution in [0.3, 0.4) is 0 Å². The lowest BCUT2D eigenvalue weighted by molar-refractivity contribution is -0.431. The van der Waals surface area contributed by atoms with E-state index in [0.717, 1.165) is 11.1 Å². The summed E-state index contributed by atoms with van der Waals surface area (Å²) in [6.45, 7) is 6.90. The summed E-state index contributed by atoms with van der Waals surface area (Å²) in [7, 11) is 5.91. The minimum atomic E-state index is -2.29. The number of benzene rings is 1. The number of nitrogens with zero attached hydrogens (tertiary/aromatic N) is 2. The Hall–Kier alpha value is -3.30. The van der Waals surface area contributed by atoms with Gasteiger partial charge in [-0.2, -0.15) is 11.8 Å².